The average Bonchev–Trinajstić information content (AvgIpc) is 2.98. The highest BCUT2D eigenvalue weighted by Gasteiger charge is 2.06. The van der Waals surface area contributed by atoms with E-state index < -0.39 is 0 Å². The molecule has 0 unspecified atom stereocenters. The molecule has 0 saturated heterocycles. The molecule has 0 saturated carbocycles. The van der Waals surface area contributed by atoms with E-state index in [2.05, 4.69) is 10.3 Å². The van der Waals surface area contributed by atoms with Gasteiger partial charge in [0.1, 0.15) is 17.2 Å². The number of benzene rings is 2. The summed E-state index contributed by atoms with van der Waals surface area (Å²) in [7, 11) is 1.63. The Labute approximate surface area is 116 Å². The smallest absolute Gasteiger partial charge is 0.121 e. The maximum absolute atomic E-state index is 9.29. The first-order valence-electron chi connectivity index (χ1n) is 6.12. The number of ether oxygens (including phenoxy) is 1. The summed E-state index contributed by atoms with van der Waals surface area (Å²) in [4.78, 5) is 0. The first-order valence-corrected chi connectivity index (χ1v) is 6.12. The number of aromatic hydroxyl groups is 1. The van der Waals surface area contributed by atoms with E-state index in [1.165, 1.54) is 0 Å². The van der Waals surface area contributed by atoms with Crippen LogP contribution in [-0.2, 0) is 0 Å². The molecule has 0 atom stereocenters. The largest absolute Gasteiger partial charge is 0.508 e. The molecule has 1 N–H and O–H groups in total. The Bertz CT molecular complexity index is 720. The van der Waals surface area contributed by atoms with Gasteiger partial charge < -0.3 is 9.84 Å². The second-order valence-electron chi connectivity index (χ2n) is 4.30. The highest BCUT2D eigenvalue weighted by Crippen LogP contribution is 2.21. The predicted molar refractivity (Wildman–Crippen MR) is 75.0 cm³/mol. The van der Waals surface area contributed by atoms with Gasteiger partial charge >= 0.3 is 0 Å². The Morgan fingerprint density at radius 2 is 1.90 bits per heavy atom. The predicted octanol–water partition coefficient (Wildman–Crippen LogP) is 2.65. The fraction of sp³-hybridized carbons (Fsp3) is 0.0667. The number of nitrogens with zero attached hydrogens (tertiary/aromatic N) is 3. The zero-order valence-electron chi connectivity index (χ0n) is 10.9. The number of phenolic OH excluding ortho intramolecular Hbond substituents is 1. The van der Waals surface area contributed by atoms with Gasteiger partial charge in [-0.3, -0.25) is 0 Å². The van der Waals surface area contributed by atoms with Crippen LogP contribution in [0.1, 0.15) is 0 Å². The molecule has 0 bridgehead atoms. The van der Waals surface area contributed by atoms with Gasteiger partial charge in [-0.1, -0.05) is 11.3 Å². The minimum absolute atomic E-state index is 0.230. The number of phenols is 1. The van der Waals surface area contributed by atoms with Crippen LogP contribution in [0.2, 0.25) is 0 Å². The Morgan fingerprint density at radius 1 is 1.10 bits per heavy atom. The van der Waals surface area contributed by atoms with Crippen molar-refractivity contribution in [2.45, 2.75) is 0 Å². The average molecular weight is 267 g/mol. The van der Waals surface area contributed by atoms with Gasteiger partial charge in [0.15, 0.2) is 0 Å². The third-order valence-electron chi connectivity index (χ3n) is 2.97. The highest BCUT2D eigenvalue weighted by molar-refractivity contribution is 5.59. The SMILES string of the molecule is COc1cccc(-n2cc(-c3ccc(O)cc3)nn2)c1. The summed E-state index contributed by atoms with van der Waals surface area (Å²) in [5.74, 6) is 0.998. The topological polar surface area (TPSA) is 60.2 Å². The molecule has 0 radical (unpaired) electrons. The Kier molecular flexibility index (Phi) is 3.09. The zero-order chi connectivity index (χ0) is 13.9. The molecule has 1 aromatic heterocycles. The molecule has 0 amide bonds. The zero-order valence-corrected chi connectivity index (χ0v) is 10.9. The molecular weight excluding hydrogens is 254 g/mol. The lowest BCUT2D eigenvalue weighted by Crippen LogP contribution is -1.95. The monoisotopic (exact) mass is 267 g/mol. The Hall–Kier alpha value is -2.82. The van der Waals surface area contributed by atoms with E-state index in [4.69, 9.17) is 4.74 Å². The molecule has 5 nitrogen and oxygen atoms in total. The van der Waals surface area contributed by atoms with E-state index in [0.717, 1.165) is 22.7 Å². The van der Waals surface area contributed by atoms with E-state index in [-0.39, 0.29) is 5.75 Å². The van der Waals surface area contributed by atoms with Gasteiger partial charge in [-0.05, 0) is 36.4 Å². The van der Waals surface area contributed by atoms with Crippen LogP contribution >= 0.6 is 0 Å². The molecule has 2 aromatic carbocycles. The lowest BCUT2D eigenvalue weighted by Gasteiger charge is -2.03. The number of hydrogen-bond acceptors (Lipinski definition) is 4. The number of rotatable bonds is 3. The molecule has 0 aliphatic rings. The van der Waals surface area contributed by atoms with Crippen molar-refractivity contribution in [3.05, 3.63) is 54.7 Å². The molecule has 3 rings (SSSR count). The standard InChI is InChI=1S/C15H13N3O2/c1-20-14-4-2-3-12(9-14)18-10-15(16-17-18)11-5-7-13(19)8-6-11/h2-10,19H,1H3. The van der Waals surface area contributed by atoms with Gasteiger partial charge in [-0.2, -0.15) is 0 Å². The molecule has 0 aliphatic carbocycles. The summed E-state index contributed by atoms with van der Waals surface area (Å²) in [5.41, 5.74) is 2.52. The van der Waals surface area contributed by atoms with Crippen LogP contribution in [0, 0.1) is 0 Å². The van der Waals surface area contributed by atoms with Crippen LogP contribution in [0.25, 0.3) is 16.9 Å². The molecule has 0 spiro atoms. The van der Waals surface area contributed by atoms with Crippen molar-refractivity contribution in [1.82, 2.24) is 15.0 Å². The van der Waals surface area contributed by atoms with Crippen molar-refractivity contribution in [3.8, 4) is 28.4 Å². The first-order chi connectivity index (χ1) is 9.76. The highest BCUT2D eigenvalue weighted by atomic mass is 16.5. The minimum atomic E-state index is 0.230. The number of hydrogen-bond donors (Lipinski definition) is 1. The van der Waals surface area contributed by atoms with E-state index in [1.807, 2.05) is 30.5 Å². The molecular formula is C15H13N3O2. The number of aromatic nitrogens is 3. The lowest BCUT2D eigenvalue weighted by molar-refractivity contribution is 0.414. The van der Waals surface area contributed by atoms with Crippen LogP contribution in [0.4, 0.5) is 0 Å². The van der Waals surface area contributed by atoms with Crippen molar-refractivity contribution in [1.29, 1.82) is 0 Å². The van der Waals surface area contributed by atoms with Crippen molar-refractivity contribution in [3.63, 3.8) is 0 Å². The summed E-state index contributed by atoms with van der Waals surface area (Å²) >= 11 is 0. The van der Waals surface area contributed by atoms with E-state index >= 15 is 0 Å². The second kappa shape index (κ2) is 5.05. The van der Waals surface area contributed by atoms with Gasteiger partial charge in [-0.25, -0.2) is 4.68 Å². The van der Waals surface area contributed by atoms with Crippen LogP contribution < -0.4 is 4.74 Å². The normalized spacial score (nSPS) is 10.4. The summed E-state index contributed by atoms with van der Waals surface area (Å²) in [6.45, 7) is 0. The van der Waals surface area contributed by atoms with E-state index in [1.54, 1.807) is 36.1 Å². The van der Waals surface area contributed by atoms with Gasteiger partial charge in [0.25, 0.3) is 0 Å². The Balaban J connectivity index is 1.95. The van der Waals surface area contributed by atoms with Crippen LogP contribution in [0.3, 0.4) is 0 Å². The molecule has 0 fully saturated rings. The minimum Gasteiger partial charge on any atom is -0.508 e. The van der Waals surface area contributed by atoms with E-state index in [9.17, 15) is 5.11 Å². The van der Waals surface area contributed by atoms with Crippen LogP contribution in [0.5, 0.6) is 11.5 Å². The second-order valence-corrected chi connectivity index (χ2v) is 4.30. The van der Waals surface area contributed by atoms with Crippen molar-refractivity contribution >= 4 is 0 Å². The molecule has 3 aromatic rings. The fourth-order valence-corrected chi connectivity index (χ4v) is 1.91. The van der Waals surface area contributed by atoms with Gasteiger partial charge in [0.2, 0.25) is 0 Å². The van der Waals surface area contributed by atoms with Gasteiger partial charge in [0, 0.05) is 11.6 Å². The maximum atomic E-state index is 9.29. The van der Waals surface area contributed by atoms with E-state index in [0.29, 0.717) is 0 Å². The molecule has 5 heteroatoms. The van der Waals surface area contributed by atoms with Gasteiger partial charge in [0.05, 0.1) is 19.0 Å². The number of methoxy groups -OCH3 is 1. The molecule has 20 heavy (non-hydrogen) atoms. The third kappa shape index (κ3) is 2.33. The summed E-state index contributed by atoms with van der Waals surface area (Å²) in [6, 6.07) is 14.4. The fourth-order valence-electron chi connectivity index (χ4n) is 1.91. The van der Waals surface area contributed by atoms with Crippen molar-refractivity contribution in [2.75, 3.05) is 7.11 Å². The molecule has 100 valence electrons. The van der Waals surface area contributed by atoms with Gasteiger partial charge in [-0.15, -0.1) is 5.10 Å². The summed E-state index contributed by atoms with van der Waals surface area (Å²) in [5, 5.41) is 17.5. The summed E-state index contributed by atoms with van der Waals surface area (Å²) in [6.07, 6.45) is 1.83. The Morgan fingerprint density at radius 3 is 2.65 bits per heavy atom. The summed E-state index contributed by atoms with van der Waals surface area (Å²) < 4.78 is 6.88. The quantitative estimate of drug-likeness (QED) is 0.792. The van der Waals surface area contributed by atoms with Crippen molar-refractivity contribution in [2.24, 2.45) is 0 Å². The van der Waals surface area contributed by atoms with Crippen molar-refractivity contribution < 1.29 is 9.84 Å². The third-order valence-corrected chi connectivity index (χ3v) is 2.97. The van der Waals surface area contributed by atoms with Crippen LogP contribution in [-0.4, -0.2) is 27.2 Å². The molecule has 0 aliphatic heterocycles. The lowest BCUT2D eigenvalue weighted by atomic mass is 10.2. The van der Waals surface area contributed by atoms with Crippen LogP contribution in [0.15, 0.2) is 54.7 Å². The maximum Gasteiger partial charge on any atom is 0.121 e. The molecule has 1 heterocycles. The first kappa shape index (κ1) is 12.2.